The fourth-order valence-electron chi connectivity index (χ4n) is 0.217. The zero-order valence-corrected chi connectivity index (χ0v) is 6.43. The van der Waals surface area contributed by atoms with Crippen LogP contribution in [0.25, 0.3) is 0 Å². The molecule has 0 aromatic rings. The van der Waals surface area contributed by atoms with E-state index >= 15 is 0 Å². The number of carbonyl (C=O) groups excluding carboxylic acids is 1. The van der Waals surface area contributed by atoms with Gasteiger partial charge in [0.25, 0.3) is 0 Å². The van der Waals surface area contributed by atoms with E-state index in [0.717, 1.165) is 0 Å². The summed E-state index contributed by atoms with van der Waals surface area (Å²) in [5.41, 5.74) is 0. The number of nitrogens with zero attached hydrogens (tertiary/aromatic N) is 1. The van der Waals surface area contributed by atoms with Crippen LogP contribution in [0.1, 0.15) is 0 Å². The smallest absolute Gasteiger partial charge is 0.326 e. The first kappa shape index (κ1) is 9.03. The third kappa shape index (κ3) is 2.40. The molecule has 1 unspecified atom stereocenters. The van der Waals surface area contributed by atoms with Crippen molar-refractivity contribution in [1.82, 2.24) is 0 Å². The van der Waals surface area contributed by atoms with Gasteiger partial charge in [-0.25, -0.2) is 4.79 Å². The number of hydrogen-bond acceptors (Lipinski definition) is 4. The molecule has 0 radical (unpaired) electrons. The number of rotatable bonds is 3. The van der Waals surface area contributed by atoms with E-state index in [2.05, 4.69) is 32.2 Å². The van der Waals surface area contributed by atoms with Crippen molar-refractivity contribution in [3.05, 3.63) is 12.7 Å². The SMILES string of the molecule is C=CC(O)[N+](S)(S)C=O. The highest BCUT2D eigenvalue weighted by molar-refractivity contribution is 7.88. The van der Waals surface area contributed by atoms with Crippen LogP contribution in [0.5, 0.6) is 0 Å². The fourth-order valence-corrected chi connectivity index (χ4v) is 0.406. The van der Waals surface area contributed by atoms with Crippen molar-refractivity contribution in [3.8, 4) is 0 Å². The molecule has 1 N–H and O–H groups in total. The highest BCUT2D eigenvalue weighted by Gasteiger charge is 2.26. The number of aliphatic hydroxyl groups is 1. The quantitative estimate of drug-likeness (QED) is 0.184. The molecule has 1 atom stereocenters. The van der Waals surface area contributed by atoms with Crippen molar-refractivity contribution in [1.29, 1.82) is 0 Å². The molecule has 0 aliphatic carbocycles. The summed E-state index contributed by atoms with van der Waals surface area (Å²) in [5.74, 6) is 0. The van der Waals surface area contributed by atoms with E-state index < -0.39 is 9.52 Å². The van der Waals surface area contributed by atoms with Crippen molar-refractivity contribution in [2.45, 2.75) is 6.23 Å². The van der Waals surface area contributed by atoms with Gasteiger partial charge in [0, 0.05) is 0 Å². The third-order valence-electron chi connectivity index (χ3n) is 0.755. The molecule has 0 fully saturated rings. The molecule has 0 aliphatic heterocycles. The maximum atomic E-state index is 10.0. The second-order valence-corrected chi connectivity index (χ2v) is 3.09. The molecule has 0 aromatic heterocycles. The van der Waals surface area contributed by atoms with Crippen molar-refractivity contribution >= 4 is 32.0 Å². The average Bonchev–Trinajstić information content (AvgIpc) is 1.86. The van der Waals surface area contributed by atoms with Crippen LogP contribution < -0.4 is 0 Å². The molecule has 0 saturated carbocycles. The minimum Gasteiger partial charge on any atom is -0.340 e. The van der Waals surface area contributed by atoms with E-state index in [1.54, 1.807) is 0 Å². The van der Waals surface area contributed by atoms with E-state index in [-0.39, 0.29) is 0 Å². The number of amides is 1. The van der Waals surface area contributed by atoms with Crippen LogP contribution in [0.3, 0.4) is 0 Å². The first-order chi connectivity index (χ1) is 4.04. The van der Waals surface area contributed by atoms with Gasteiger partial charge in [-0.05, 0) is 6.08 Å². The van der Waals surface area contributed by atoms with Gasteiger partial charge in [-0.15, -0.1) is 3.29 Å². The van der Waals surface area contributed by atoms with Crippen LogP contribution in [0.2, 0.25) is 0 Å². The number of aliphatic hydroxyl groups excluding tert-OH is 1. The number of hydrogen-bond donors (Lipinski definition) is 3. The van der Waals surface area contributed by atoms with Crippen LogP contribution in [-0.4, -0.2) is 21.0 Å². The molecule has 0 aromatic carbocycles. The standard InChI is InChI=1S/C4H8NO2S2/c1-2-4(7)5(8,9)3-6/h2-4,7-9H,1H2/q+1. The molecule has 1 amide bonds. The summed E-state index contributed by atoms with van der Waals surface area (Å²) >= 11 is 7.35. The van der Waals surface area contributed by atoms with Crippen LogP contribution >= 0.6 is 25.6 Å². The van der Waals surface area contributed by atoms with Gasteiger partial charge in [0.1, 0.15) is 0 Å². The Morgan fingerprint density at radius 3 is 2.22 bits per heavy atom. The van der Waals surface area contributed by atoms with E-state index in [0.29, 0.717) is 6.41 Å². The summed E-state index contributed by atoms with van der Waals surface area (Å²) in [7, 11) is 0. The summed E-state index contributed by atoms with van der Waals surface area (Å²) in [6.45, 7) is 3.25. The molecule has 5 heteroatoms. The Morgan fingerprint density at radius 2 is 2.11 bits per heavy atom. The Balaban J connectivity index is 4.11. The molecule has 52 valence electrons. The van der Waals surface area contributed by atoms with Crippen molar-refractivity contribution in [2.24, 2.45) is 0 Å². The summed E-state index contributed by atoms with van der Waals surface area (Å²) in [6.07, 6.45) is 0.488. The predicted molar refractivity (Wildman–Crippen MR) is 40.5 cm³/mol. The molecule has 0 aliphatic rings. The Bertz CT molecular complexity index is 126. The van der Waals surface area contributed by atoms with Crippen LogP contribution in [0.4, 0.5) is 0 Å². The molecule has 0 heterocycles. The van der Waals surface area contributed by atoms with Gasteiger partial charge in [0.05, 0.1) is 25.6 Å². The van der Waals surface area contributed by atoms with Gasteiger partial charge in [-0.3, -0.25) is 0 Å². The van der Waals surface area contributed by atoms with E-state index in [4.69, 9.17) is 5.11 Å². The summed E-state index contributed by atoms with van der Waals surface area (Å²) in [5, 5.41) is 8.86. The topological polar surface area (TPSA) is 37.3 Å². The van der Waals surface area contributed by atoms with Gasteiger partial charge in [-0.1, -0.05) is 6.58 Å². The van der Waals surface area contributed by atoms with Gasteiger partial charge >= 0.3 is 6.41 Å². The Morgan fingerprint density at radius 1 is 1.67 bits per heavy atom. The van der Waals surface area contributed by atoms with Crippen LogP contribution in [0, 0.1) is 0 Å². The Hall–Kier alpha value is 0.0300. The summed E-state index contributed by atoms with van der Waals surface area (Å²) in [6, 6.07) is 0. The molecule has 9 heavy (non-hydrogen) atoms. The average molecular weight is 166 g/mol. The molecular weight excluding hydrogens is 158 g/mol. The molecule has 3 nitrogen and oxygen atoms in total. The zero-order valence-electron chi connectivity index (χ0n) is 4.64. The second-order valence-electron chi connectivity index (χ2n) is 1.46. The minimum absolute atomic E-state index is 0.387. The molecular formula is C4H8NO2S2+. The molecule has 0 spiro atoms. The number of quaternary nitrogens is 1. The molecule has 0 saturated heterocycles. The Kier molecular flexibility index (Phi) is 3.27. The van der Waals surface area contributed by atoms with Crippen molar-refractivity contribution in [3.63, 3.8) is 0 Å². The zero-order chi connectivity index (χ0) is 7.49. The summed E-state index contributed by atoms with van der Waals surface area (Å²) < 4.78 is -0.705. The van der Waals surface area contributed by atoms with Crippen LogP contribution in [-0.2, 0) is 4.79 Å². The van der Waals surface area contributed by atoms with Gasteiger partial charge in [0.2, 0.25) is 6.23 Å². The second kappa shape index (κ2) is 3.26. The third-order valence-corrected chi connectivity index (χ3v) is 1.42. The maximum absolute atomic E-state index is 10.0. The lowest BCUT2D eigenvalue weighted by Crippen LogP contribution is -2.35. The van der Waals surface area contributed by atoms with Crippen molar-refractivity contribution in [2.75, 3.05) is 0 Å². The van der Waals surface area contributed by atoms with Gasteiger partial charge in [-0.2, -0.15) is 0 Å². The highest BCUT2D eigenvalue weighted by Crippen LogP contribution is 2.16. The van der Waals surface area contributed by atoms with Crippen molar-refractivity contribution < 1.29 is 13.2 Å². The lowest BCUT2D eigenvalue weighted by molar-refractivity contribution is -0.609. The lowest BCUT2D eigenvalue weighted by Gasteiger charge is -2.18. The Labute approximate surface area is 64.7 Å². The minimum atomic E-state index is -1.07. The predicted octanol–water partition coefficient (Wildman–Crippen LogP) is 0.154. The van der Waals surface area contributed by atoms with Gasteiger partial charge < -0.3 is 5.11 Å². The lowest BCUT2D eigenvalue weighted by atomic mass is 10.6. The maximum Gasteiger partial charge on any atom is 0.326 e. The first-order valence-electron chi connectivity index (χ1n) is 2.15. The van der Waals surface area contributed by atoms with Gasteiger partial charge in [0.15, 0.2) is 0 Å². The molecule has 0 bridgehead atoms. The van der Waals surface area contributed by atoms with E-state index in [1.807, 2.05) is 0 Å². The summed E-state index contributed by atoms with van der Waals surface area (Å²) in [4.78, 5) is 10.0. The highest BCUT2D eigenvalue weighted by atomic mass is 32.2. The van der Waals surface area contributed by atoms with E-state index in [1.165, 1.54) is 6.08 Å². The first-order valence-corrected chi connectivity index (χ1v) is 2.95. The number of thiol groups is 2. The molecule has 0 rings (SSSR count). The fraction of sp³-hybridized carbons (Fsp3) is 0.250. The number of carbonyl (C=O) groups is 1. The largest absolute Gasteiger partial charge is 0.340 e. The van der Waals surface area contributed by atoms with Crippen LogP contribution in [0.15, 0.2) is 12.7 Å². The normalized spacial score (nSPS) is 14.6. The monoisotopic (exact) mass is 166 g/mol. The van der Waals surface area contributed by atoms with E-state index in [9.17, 15) is 4.79 Å².